The number of H-pyrrole nitrogens is 1. The predicted octanol–water partition coefficient (Wildman–Crippen LogP) is 4.18. The van der Waals surface area contributed by atoms with Gasteiger partial charge in [0.15, 0.2) is 0 Å². The molecular weight excluding hydrogens is 489 g/mol. The standard InChI is InChI=1S/C31H39BN3O4/c1-30(2,36)31(3,4)39-32-21-8-9-22-20(12-21)17-38-27-14-23-19(13-24(22)27)7-10-25-28(23)34-29(33-25)26-11-18(16-37-6)15-35(26)5/h8-9,12-14,18,26,36H,7,10-11,15-17H2,1-6H3,(H,33,34)/t18-,26-/m0/s1. The number of likely N-dealkylation sites (tertiary alicyclic amines) is 1. The number of aromatic amines is 1. The molecule has 1 radical (unpaired) electrons. The summed E-state index contributed by atoms with van der Waals surface area (Å²) in [4.78, 5) is 11.2. The first kappa shape index (κ1) is 26.6. The molecule has 0 saturated carbocycles. The SMILES string of the molecule is COC[C@H]1C[C@@H](c2nc3c([nH]2)CCc2cc4c(cc2-3)OCc2cc([B]OC(C)(C)C(C)(C)O)ccc2-4)N(C)C1. The van der Waals surface area contributed by atoms with Gasteiger partial charge in [-0.25, -0.2) is 4.98 Å². The number of hydrogen-bond acceptors (Lipinski definition) is 6. The molecular formula is C31H39BN3O4. The number of hydrogen-bond donors (Lipinski definition) is 2. The third-order valence-corrected chi connectivity index (χ3v) is 9.02. The van der Waals surface area contributed by atoms with Crippen molar-refractivity contribution >= 4 is 12.9 Å². The van der Waals surface area contributed by atoms with E-state index < -0.39 is 11.2 Å². The summed E-state index contributed by atoms with van der Waals surface area (Å²) in [5.74, 6) is 2.52. The average molecular weight is 528 g/mol. The van der Waals surface area contributed by atoms with E-state index in [0.29, 0.717) is 18.6 Å². The van der Waals surface area contributed by atoms with E-state index in [-0.39, 0.29) is 0 Å². The van der Waals surface area contributed by atoms with Crippen molar-refractivity contribution in [2.75, 3.05) is 27.3 Å². The molecule has 2 atom stereocenters. The van der Waals surface area contributed by atoms with E-state index in [1.165, 1.54) is 22.4 Å². The molecule has 2 N–H and O–H groups in total. The zero-order chi connectivity index (χ0) is 27.5. The van der Waals surface area contributed by atoms with Gasteiger partial charge in [-0.3, -0.25) is 4.90 Å². The first-order chi connectivity index (χ1) is 18.5. The van der Waals surface area contributed by atoms with Gasteiger partial charge < -0.3 is 24.2 Å². The zero-order valence-electron chi connectivity index (χ0n) is 23.9. The highest BCUT2D eigenvalue weighted by atomic mass is 16.5. The second-order valence-electron chi connectivity index (χ2n) is 12.5. The summed E-state index contributed by atoms with van der Waals surface area (Å²) in [5.41, 5.74) is 7.54. The fourth-order valence-corrected chi connectivity index (χ4v) is 6.00. The Balaban J connectivity index is 1.26. The van der Waals surface area contributed by atoms with Gasteiger partial charge in [-0.1, -0.05) is 23.7 Å². The van der Waals surface area contributed by atoms with E-state index in [9.17, 15) is 5.11 Å². The van der Waals surface area contributed by atoms with Crippen molar-refractivity contribution in [1.29, 1.82) is 0 Å². The molecule has 3 aliphatic rings. The second kappa shape index (κ2) is 9.77. The topological polar surface area (TPSA) is 79.8 Å². The van der Waals surface area contributed by atoms with Crippen LogP contribution in [0.1, 0.15) is 62.8 Å². The first-order valence-electron chi connectivity index (χ1n) is 14.0. The van der Waals surface area contributed by atoms with Crippen LogP contribution < -0.4 is 10.2 Å². The van der Waals surface area contributed by atoms with Crippen LogP contribution in [0.2, 0.25) is 0 Å². The van der Waals surface area contributed by atoms with Gasteiger partial charge in [-0.05, 0) is 88.7 Å². The highest BCUT2D eigenvalue weighted by molar-refractivity contribution is 6.47. The van der Waals surface area contributed by atoms with Crippen LogP contribution in [0.5, 0.6) is 5.75 Å². The lowest BCUT2D eigenvalue weighted by molar-refractivity contribution is -0.0893. The number of aliphatic hydroxyl groups is 1. The Morgan fingerprint density at radius 1 is 1.10 bits per heavy atom. The van der Waals surface area contributed by atoms with Gasteiger partial charge in [-0.15, -0.1) is 0 Å². The van der Waals surface area contributed by atoms with Crippen molar-refractivity contribution in [2.24, 2.45) is 5.92 Å². The molecule has 1 aliphatic carbocycles. The van der Waals surface area contributed by atoms with E-state index >= 15 is 0 Å². The van der Waals surface area contributed by atoms with Crippen LogP contribution in [0.3, 0.4) is 0 Å². The molecule has 0 unspecified atom stereocenters. The second-order valence-corrected chi connectivity index (χ2v) is 12.5. The highest BCUT2D eigenvalue weighted by Crippen LogP contribution is 2.44. The van der Waals surface area contributed by atoms with Crippen LogP contribution in [0.15, 0.2) is 30.3 Å². The van der Waals surface area contributed by atoms with Crippen molar-refractivity contribution in [3.8, 4) is 28.1 Å². The van der Waals surface area contributed by atoms with E-state index in [0.717, 1.165) is 66.3 Å². The monoisotopic (exact) mass is 528 g/mol. The lowest BCUT2D eigenvalue weighted by atomic mass is 9.80. The van der Waals surface area contributed by atoms with Crippen molar-refractivity contribution in [3.63, 3.8) is 0 Å². The molecule has 2 aliphatic heterocycles. The number of aryl methyl sites for hydroxylation is 2. The van der Waals surface area contributed by atoms with E-state index in [4.69, 9.17) is 19.1 Å². The number of nitrogens with one attached hydrogen (secondary N) is 1. The summed E-state index contributed by atoms with van der Waals surface area (Å²) in [6, 6.07) is 11.1. The summed E-state index contributed by atoms with van der Waals surface area (Å²) < 4.78 is 17.7. The Labute approximate surface area is 232 Å². The van der Waals surface area contributed by atoms with Gasteiger partial charge in [0.2, 0.25) is 0 Å². The Hall–Kier alpha value is -2.65. The summed E-state index contributed by atoms with van der Waals surface area (Å²) in [5, 5.41) is 10.4. The minimum absolute atomic E-state index is 0.295. The van der Waals surface area contributed by atoms with Crippen molar-refractivity contribution in [2.45, 2.75) is 70.8 Å². The van der Waals surface area contributed by atoms with E-state index in [1.807, 2.05) is 13.8 Å². The fourth-order valence-electron chi connectivity index (χ4n) is 6.00. The zero-order valence-corrected chi connectivity index (χ0v) is 23.9. The maximum atomic E-state index is 10.4. The summed E-state index contributed by atoms with van der Waals surface area (Å²) in [6.07, 6.45) is 3.00. The molecule has 0 bridgehead atoms. The minimum atomic E-state index is -0.965. The Morgan fingerprint density at radius 2 is 1.92 bits per heavy atom. The van der Waals surface area contributed by atoms with Crippen LogP contribution in [-0.2, 0) is 28.8 Å². The molecule has 39 heavy (non-hydrogen) atoms. The Bertz CT molecular complexity index is 1390. The maximum absolute atomic E-state index is 10.4. The Morgan fingerprint density at radius 3 is 2.69 bits per heavy atom. The molecule has 7 nitrogen and oxygen atoms in total. The summed E-state index contributed by atoms with van der Waals surface area (Å²) in [7, 11) is 5.70. The van der Waals surface area contributed by atoms with Gasteiger partial charge in [-0.2, -0.15) is 0 Å². The molecule has 1 saturated heterocycles. The van der Waals surface area contributed by atoms with Crippen molar-refractivity contribution in [3.05, 3.63) is 53.0 Å². The molecule has 3 aromatic rings. The van der Waals surface area contributed by atoms with Crippen LogP contribution in [0.4, 0.5) is 0 Å². The Kier molecular flexibility index (Phi) is 6.66. The van der Waals surface area contributed by atoms with Crippen LogP contribution in [0.25, 0.3) is 22.4 Å². The number of ether oxygens (including phenoxy) is 2. The highest BCUT2D eigenvalue weighted by Gasteiger charge is 2.36. The lowest BCUT2D eigenvalue weighted by Crippen LogP contribution is -2.49. The number of benzene rings is 2. The number of aromatic nitrogens is 2. The predicted molar refractivity (Wildman–Crippen MR) is 153 cm³/mol. The molecule has 2 aromatic carbocycles. The average Bonchev–Trinajstić information content (AvgIpc) is 3.49. The third kappa shape index (κ3) is 4.82. The molecule has 0 spiro atoms. The molecule has 3 heterocycles. The maximum Gasteiger partial charge on any atom is 0.330 e. The van der Waals surface area contributed by atoms with Gasteiger partial charge in [0, 0.05) is 30.5 Å². The molecule has 1 aromatic heterocycles. The first-order valence-corrected chi connectivity index (χ1v) is 14.0. The molecule has 1 fully saturated rings. The van der Waals surface area contributed by atoms with Gasteiger partial charge in [0.05, 0.1) is 29.5 Å². The van der Waals surface area contributed by atoms with Gasteiger partial charge >= 0.3 is 7.48 Å². The van der Waals surface area contributed by atoms with Crippen LogP contribution in [0, 0.1) is 5.92 Å². The van der Waals surface area contributed by atoms with Crippen molar-refractivity contribution < 1.29 is 19.2 Å². The van der Waals surface area contributed by atoms with Crippen LogP contribution >= 0.6 is 0 Å². The third-order valence-electron chi connectivity index (χ3n) is 9.02. The van der Waals surface area contributed by atoms with Crippen molar-refractivity contribution in [1.82, 2.24) is 14.9 Å². The van der Waals surface area contributed by atoms with E-state index in [2.05, 4.69) is 47.3 Å². The number of rotatable bonds is 7. The van der Waals surface area contributed by atoms with Crippen LogP contribution in [-0.4, -0.2) is 66.0 Å². The molecule has 0 amide bonds. The number of nitrogens with zero attached hydrogens (tertiary/aromatic N) is 2. The summed E-state index contributed by atoms with van der Waals surface area (Å²) in [6.45, 7) is 9.63. The minimum Gasteiger partial charge on any atom is -0.488 e. The number of fused-ring (bicyclic) bond motifs is 6. The molecule has 205 valence electrons. The number of methoxy groups -OCH3 is 1. The van der Waals surface area contributed by atoms with Gasteiger partial charge in [0.1, 0.15) is 18.2 Å². The molecule has 6 rings (SSSR count). The van der Waals surface area contributed by atoms with E-state index in [1.54, 1.807) is 28.4 Å². The summed E-state index contributed by atoms with van der Waals surface area (Å²) >= 11 is 0. The molecule has 8 heteroatoms. The van der Waals surface area contributed by atoms with Gasteiger partial charge in [0.25, 0.3) is 0 Å². The normalized spacial score (nSPS) is 20.6. The smallest absolute Gasteiger partial charge is 0.330 e. The fraction of sp³-hybridized carbons (Fsp3) is 0.516. The largest absolute Gasteiger partial charge is 0.488 e. The quantitative estimate of drug-likeness (QED) is 0.448. The lowest BCUT2D eigenvalue weighted by Gasteiger charge is -2.37. The number of imidazole rings is 1.